The van der Waals surface area contributed by atoms with Crippen molar-refractivity contribution in [1.29, 1.82) is 5.26 Å². The molecule has 1 aromatic carbocycles. The zero-order valence-corrected chi connectivity index (χ0v) is 18.9. The van der Waals surface area contributed by atoms with Gasteiger partial charge in [0.1, 0.15) is 11.1 Å². The summed E-state index contributed by atoms with van der Waals surface area (Å²) in [7, 11) is 3.52. The summed E-state index contributed by atoms with van der Waals surface area (Å²) in [5.41, 5.74) is 2.81. The van der Waals surface area contributed by atoms with Crippen molar-refractivity contribution in [3.05, 3.63) is 39.8 Å². The number of methoxy groups -OCH3 is 1. The molecular formula is C23H29N3O3S. The van der Waals surface area contributed by atoms with Crippen molar-refractivity contribution in [1.82, 2.24) is 4.90 Å². The zero-order chi connectivity index (χ0) is 21.7. The van der Waals surface area contributed by atoms with E-state index < -0.39 is 0 Å². The predicted molar refractivity (Wildman–Crippen MR) is 119 cm³/mol. The molecule has 0 saturated heterocycles. The van der Waals surface area contributed by atoms with E-state index in [-0.39, 0.29) is 12.5 Å². The van der Waals surface area contributed by atoms with Crippen LogP contribution < -0.4 is 14.8 Å². The maximum absolute atomic E-state index is 12.6. The van der Waals surface area contributed by atoms with Crippen LogP contribution in [0.1, 0.15) is 41.8 Å². The topological polar surface area (TPSA) is 74.6 Å². The van der Waals surface area contributed by atoms with Crippen molar-refractivity contribution in [2.24, 2.45) is 5.92 Å². The van der Waals surface area contributed by atoms with Crippen LogP contribution in [0.15, 0.2) is 18.2 Å². The van der Waals surface area contributed by atoms with Crippen molar-refractivity contribution in [2.45, 2.75) is 39.7 Å². The fraction of sp³-hybridized carbons (Fsp3) is 0.478. The van der Waals surface area contributed by atoms with Gasteiger partial charge in [0.2, 0.25) is 5.91 Å². The monoisotopic (exact) mass is 427 g/mol. The predicted octanol–water partition coefficient (Wildman–Crippen LogP) is 4.22. The Morgan fingerprint density at radius 1 is 1.40 bits per heavy atom. The molecule has 0 bridgehead atoms. The zero-order valence-electron chi connectivity index (χ0n) is 18.1. The first-order valence-corrected chi connectivity index (χ1v) is 11.1. The summed E-state index contributed by atoms with van der Waals surface area (Å²) in [6.07, 6.45) is 3.01. The molecule has 1 aromatic heterocycles. The van der Waals surface area contributed by atoms with Gasteiger partial charge in [-0.15, -0.1) is 11.3 Å². The van der Waals surface area contributed by atoms with Gasteiger partial charge in [0.05, 0.1) is 25.8 Å². The molecular weight excluding hydrogens is 398 g/mol. The molecule has 1 unspecified atom stereocenters. The highest BCUT2D eigenvalue weighted by atomic mass is 32.1. The smallest absolute Gasteiger partial charge is 0.239 e. The lowest BCUT2D eigenvalue weighted by Crippen LogP contribution is -2.29. The number of carbonyl (C=O) groups excluding carboxylic acids is 1. The summed E-state index contributed by atoms with van der Waals surface area (Å²) in [5, 5.41) is 13.3. The molecule has 30 heavy (non-hydrogen) atoms. The molecule has 0 saturated carbocycles. The van der Waals surface area contributed by atoms with Gasteiger partial charge < -0.3 is 14.8 Å². The molecule has 160 valence electrons. The Bertz CT molecular complexity index is 948. The number of ether oxygens (including phenoxy) is 2. The standard InChI is InChI=1S/C23H29N3O3S/c1-5-29-19-9-7-16(11-20(19)28-4)13-26(3)14-22(27)25-23-18(12-24)17-8-6-15(2)10-21(17)30-23/h7,9,11,15H,5-6,8,10,13-14H2,1-4H3,(H,25,27). The summed E-state index contributed by atoms with van der Waals surface area (Å²) >= 11 is 1.56. The number of benzene rings is 1. The van der Waals surface area contributed by atoms with E-state index >= 15 is 0 Å². The van der Waals surface area contributed by atoms with Crippen molar-refractivity contribution in [3.8, 4) is 17.6 Å². The lowest BCUT2D eigenvalue weighted by molar-refractivity contribution is -0.117. The van der Waals surface area contributed by atoms with E-state index in [1.807, 2.05) is 37.1 Å². The number of nitrogens with one attached hydrogen (secondary N) is 1. The van der Waals surface area contributed by atoms with E-state index in [2.05, 4.69) is 18.3 Å². The molecule has 1 atom stereocenters. The van der Waals surface area contributed by atoms with E-state index in [1.165, 1.54) is 4.88 Å². The average Bonchev–Trinajstić information content (AvgIpc) is 3.04. The number of rotatable bonds is 8. The number of nitrogens with zero attached hydrogens (tertiary/aromatic N) is 2. The van der Waals surface area contributed by atoms with Gasteiger partial charge in [0, 0.05) is 11.4 Å². The molecule has 0 spiro atoms. The highest BCUT2D eigenvalue weighted by Gasteiger charge is 2.24. The van der Waals surface area contributed by atoms with Crippen molar-refractivity contribution < 1.29 is 14.3 Å². The van der Waals surface area contributed by atoms with E-state index in [4.69, 9.17) is 9.47 Å². The number of hydrogen-bond acceptors (Lipinski definition) is 6. The molecule has 1 heterocycles. The second-order valence-corrected chi connectivity index (χ2v) is 8.91. The number of anilines is 1. The minimum absolute atomic E-state index is 0.112. The Kier molecular flexibility index (Phi) is 7.35. The molecule has 1 amide bonds. The summed E-state index contributed by atoms with van der Waals surface area (Å²) in [6, 6.07) is 8.10. The lowest BCUT2D eigenvalue weighted by atomic mass is 9.89. The lowest BCUT2D eigenvalue weighted by Gasteiger charge is -2.17. The largest absolute Gasteiger partial charge is 0.493 e. The first-order valence-electron chi connectivity index (χ1n) is 10.3. The van der Waals surface area contributed by atoms with Crippen molar-refractivity contribution in [3.63, 3.8) is 0 Å². The third-order valence-corrected chi connectivity index (χ3v) is 6.44. The SMILES string of the molecule is CCOc1ccc(CN(C)CC(=O)Nc2sc3c(c2C#N)CCC(C)C3)cc1OC. The fourth-order valence-electron chi connectivity index (χ4n) is 3.82. The molecule has 0 radical (unpaired) electrons. The summed E-state index contributed by atoms with van der Waals surface area (Å²) < 4.78 is 11.0. The van der Waals surface area contributed by atoms with E-state index in [1.54, 1.807) is 18.4 Å². The second kappa shape index (κ2) is 9.96. The Morgan fingerprint density at radius 2 is 2.20 bits per heavy atom. The normalized spacial score (nSPS) is 15.4. The first kappa shape index (κ1) is 22.1. The highest BCUT2D eigenvalue weighted by Crippen LogP contribution is 2.39. The number of amides is 1. The van der Waals surface area contributed by atoms with E-state index in [0.29, 0.717) is 41.1 Å². The van der Waals surface area contributed by atoms with Gasteiger partial charge >= 0.3 is 0 Å². The van der Waals surface area contributed by atoms with Crippen LogP contribution in [-0.2, 0) is 24.2 Å². The second-order valence-electron chi connectivity index (χ2n) is 7.81. The van der Waals surface area contributed by atoms with Gasteiger partial charge in [-0.2, -0.15) is 5.26 Å². The van der Waals surface area contributed by atoms with Gasteiger partial charge in [-0.3, -0.25) is 9.69 Å². The van der Waals surface area contributed by atoms with Crippen LogP contribution in [0, 0.1) is 17.2 Å². The summed E-state index contributed by atoms with van der Waals surface area (Å²) in [5.74, 6) is 1.91. The minimum Gasteiger partial charge on any atom is -0.493 e. The molecule has 0 aliphatic heterocycles. The number of nitriles is 1. The maximum atomic E-state index is 12.6. The van der Waals surface area contributed by atoms with Crippen LogP contribution in [0.25, 0.3) is 0 Å². The maximum Gasteiger partial charge on any atom is 0.239 e. The van der Waals surface area contributed by atoms with Crippen LogP contribution in [0.5, 0.6) is 11.5 Å². The molecule has 1 N–H and O–H groups in total. The van der Waals surface area contributed by atoms with Crippen LogP contribution >= 0.6 is 11.3 Å². The van der Waals surface area contributed by atoms with Gasteiger partial charge in [-0.25, -0.2) is 0 Å². The Labute approximate surface area is 182 Å². The average molecular weight is 428 g/mol. The number of likely N-dealkylation sites (N-methyl/N-ethyl adjacent to an activating group) is 1. The molecule has 2 aromatic rings. The number of thiophene rings is 1. The molecule has 1 aliphatic rings. The van der Waals surface area contributed by atoms with Crippen molar-refractivity contribution >= 4 is 22.2 Å². The first-order chi connectivity index (χ1) is 14.4. The molecule has 0 fully saturated rings. The van der Waals surface area contributed by atoms with Gasteiger partial charge in [-0.05, 0) is 62.4 Å². The Morgan fingerprint density at radius 3 is 2.90 bits per heavy atom. The quantitative estimate of drug-likeness (QED) is 0.683. The van der Waals surface area contributed by atoms with Gasteiger partial charge in [0.15, 0.2) is 11.5 Å². The van der Waals surface area contributed by atoms with Crippen LogP contribution in [0.3, 0.4) is 0 Å². The van der Waals surface area contributed by atoms with Gasteiger partial charge in [-0.1, -0.05) is 13.0 Å². The van der Waals surface area contributed by atoms with Crippen LogP contribution in [0.4, 0.5) is 5.00 Å². The number of hydrogen-bond donors (Lipinski definition) is 1. The highest BCUT2D eigenvalue weighted by molar-refractivity contribution is 7.16. The summed E-state index contributed by atoms with van der Waals surface area (Å²) in [6.45, 7) is 5.57. The van der Waals surface area contributed by atoms with Crippen molar-refractivity contribution in [2.75, 3.05) is 32.6 Å². The number of carbonyl (C=O) groups is 1. The minimum atomic E-state index is -0.112. The third kappa shape index (κ3) is 5.13. The molecule has 3 rings (SSSR count). The number of fused-ring (bicyclic) bond motifs is 1. The van der Waals surface area contributed by atoms with Gasteiger partial charge in [0.25, 0.3) is 0 Å². The molecule has 7 heteroatoms. The van der Waals surface area contributed by atoms with E-state index in [0.717, 1.165) is 30.4 Å². The van der Waals surface area contributed by atoms with Crippen LogP contribution in [-0.4, -0.2) is 38.1 Å². The Hall–Kier alpha value is -2.56. The Balaban J connectivity index is 1.62. The fourth-order valence-corrected chi connectivity index (χ4v) is 5.20. The molecule has 1 aliphatic carbocycles. The summed E-state index contributed by atoms with van der Waals surface area (Å²) in [4.78, 5) is 15.8. The third-order valence-electron chi connectivity index (χ3n) is 5.27. The molecule has 6 nitrogen and oxygen atoms in total. The van der Waals surface area contributed by atoms with Crippen LogP contribution in [0.2, 0.25) is 0 Å². The van der Waals surface area contributed by atoms with E-state index in [9.17, 15) is 10.1 Å².